The van der Waals surface area contributed by atoms with Crippen LogP contribution >= 0.6 is 0 Å². The minimum absolute atomic E-state index is 0.119. The van der Waals surface area contributed by atoms with E-state index in [1.807, 2.05) is 18.3 Å². The number of rotatable bonds is 3. The fourth-order valence-electron chi connectivity index (χ4n) is 1.77. The second kappa shape index (κ2) is 4.47. The molecule has 1 aliphatic heterocycles. The Hall–Kier alpha value is -2.01. The topological polar surface area (TPSA) is 61.8 Å². The zero-order chi connectivity index (χ0) is 12.4. The minimum Gasteiger partial charge on any atom is -0.504 e. The smallest absolute Gasteiger partial charge is 0.168 e. The summed E-state index contributed by atoms with van der Waals surface area (Å²) in [5.74, 6) is 0.186. The molecule has 0 aliphatic carbocycles. The quantitative estimate of drug-likeness (QED) is 0.764. The number of carbonyl (C=O) groups excluding carboxylic acids is 1. The van der Waals surface area contributed by atoms with Crippen molar-refractivity contribution in [2.24, 2.45) is 0 Å². The third-order valence-electron chi connectivity index (χ3n) is 2.69. The van der Waals surface area contributed by atoms with Gasteiger partial charge in [-0.05, 0) is 23.3 Å². The van der Waals surface area contributed by atoms with Crippen LogP contribution in [-0.2, 0) is 0 Å². The van der Waals surface area contributed by atoms with E-state index in [1.165, 1.54) is 7.11 Å². The minimum atomic E-state index is -0.119. The number of carbonyl (C=O) groups is 1. The largest absolute Gasteiger partial charge is 0.504 e. The molecule has 0 amide bonds. The van der Waals surface area contributed by atoms with Crippen molar-refractivity contribution in [3.63, 3.8) is 0 Å². The van der Waals surface area contributed by atoms with E-state index in [1.54, 1.807) is 12.1 Å². The van der Waals surface area contributed by atoms with Crippen molar-refractivity contribution in [3.05, 3.63) is 29.5 Å². The van der Waals surface area contributed by atoms with E-state index in [-0.39, 0.29) is 11.3 Å². The Kier molecular flexibility index (Phi) is 3.01. The summed E-state index contributed by atoms with van der Waals surface area (Å²) in [7, 11) is 3.35. The first-order valence-electron chi connectivity index (χ1n) is 5.19. The first-order chi connectivity index (χ1) is 8.15. The van der Waals surface area contributed by atoms with Gasteiger partial charge in [-0.3, -0.25) is 4.79 Å². The van der Waals surface area contributed by atoms with Crippen LogP contribution in [0.1, 0.15) is 15.9 Å². The van der Waals surface area contributed by atoms with Gasteiger partial charge in [0.05, 0.1) is 12.7 Å². The van der Waals surface area contributed by atoms with E-state index in [2.05, 4.69) is 5.43 Å². The van der Waals surface area contributed by atoms with Gasteiger partial charge >= 0.3 is 0 Å². The molecular weight excluding hydrogens is 220 g/mol. The van der Waals surface area contributed by atoms with Gasteiger partial charge in [-0.15, -0.1) is 0 Å². The highest BCUT2D eigenvalue weighted by molar-refractivity contribution is 5.84. The molecule has 0 aromatic heterocycles. The maximum absolute atomic E-state index is 10.9. The average molecular weight is 234 g/mol. The maximum Gasteiger partial charge on any atom is 0.168 e. The highest BCUT2D eigenvalue weighted by Crippen LogP contribution is 2.33. The number of hydrazine groups is 1. The monoisotopic (exact) mass is 234 g/mol. The number of phenolic OH excluding ortho intramolecular Hbond substituents is 1. The second-order valence-electron chi connectivity index (χ2n) is 3.83. The molecule has 90 valence electrons. The van der Waals surface area contributed by atoms with Gasteiger partial charge in [0.2, 0.25) is 0 Å². The van der Waals surface area contributed by atoms with Crippen LogP contribution in [0.4, 0.5) is 0 Å². The normalized spacial score (nSPS) is 14.7. The molecular formula is C12H14N2O3. The standard InChI is InChI=1S/C12H14N2O3/c1-14-6-10(5-13-14)8-3-9(7-15)12(16)11(4-8)17-2/h3-4,6-7,13,16H,5H2,1-2H3. The van der Waals surface area contributed by atoms with Crippen LogP contribution in [0.25, 0.3) is 5.57 Å². The number of ether oxygens (including phenoxy) is 1. The molecule has 0 saturated carbocycles. The van der Waals surface area contributed by atoms with Gasteiger partial charge in [0.15, 0.2) is 17.8 Å². The molecule has 0 fully saturated rings. The molecule has 0 atom stereocenters. The van der Waals surface area contributed by atoms with Crippen LogP contribution in [0.15, 0.2) is 18.3 Å². The van der Waals surface area contributed by atoms with Gasteiger partial charge in [-0.25, -0.2) is 5.43 Å². The predicted molar refractivity (Wildman–Crippen MR) is 63.8 cm³/mol. The number of phenols is 1. The van der Waals surface area contributed by atoms with Crippen LogP contribution < -0.4 is 10.2 Å². The van der Waals surface area contributed by atoms with Crippen molar-refractivity contribution in [1.29, 1.82) is 0 Å². The summed E-state index contributed by atoms with van der Waals surface area (Å²) in [6.45, 7) is 0.683. The van der Waals surface area contributed by atoms with Crippen LogP contribution in [0.3, 0.4) is 0 Å². The summed E-state index contributed by atoms with van der Waals surface area (Å²) in [5.41, 5.74) is 5.23. The summed E-state index contributed by atoms with van der Waals surface area (Å²) in [6, 6.07) is 3.37. The summed E-state index contributed by atoms with van der Waals surface area (Å²) < 4.78 is 5.04. The van der Waals surface area contributed by atoms with Crippen LogP contribution in [0.2, 0.25) is 0 Å². The number of nitrogens with zero attached hydrogens (tertiary/aromatic N) is 1. The van der Waals surface area contributed by atoms with E-state index >= 15 is 0 Å². The number of methoxy groups -OCH3 is 1. The Morgan fingerprint density at radius 1 is 1.53 bits per heavy atom. The fourth-order valence-corrected chi connectivity index (χ4v) is 1.77. The van der Waals surface area contributed by atoms with E-state index in [4.69, 9.17) is 4.74 Å². The van der Waals surface area contributed by atoms with E-state index in [0.29, 0.717) is 18.6 Å². The molecule has 17 heavy (non-hydrogen) atoms. The highest BCUT2D eigenvalue weighted by Gasteiger charge is 2.15. The predicted octanol–water partition coefficient (Wildman–Crippen LogP) is 1.00. The lowest BCUT2D eigenvalue weighted by atomic mass is 10.0. The molecule has 0 unspecified atom stereocenters. The van der Waals surface area contributed by atoms with Crippen LogP contribution in [-0.4, -0.2) is 37.1 Å². The second-order valence-corrected chi connectivity index (χ2v) is 3.83. The van der Waals surface area contributed by atoms with E-state index < -0.39 is 0 Å². The summed E-state index contributed by atoms with van der Waals surface area (Å²) >= 11 is 0. The number of hydrogen-bond acceptors (Lipinski definition) is 5. The van der Waals surface area contributed by atoms with Gasteiger partial charge in [0, 0.05) is 19.8 Å². The maximum atomic E-state index is 10.9. The van der Waals surface area contributed by atoms with Crippen molar-refractivity contribution >= 4 is 11.9 Å². The molecule has 1 aromatic carbocycles. The van der Waals surface area contributed by atoms with Crippen LogP contribution in [0.5, 0.6) is 11.5 Å². The zero-order valence-corrected chi connectivity index (χ0v) is 9.73. The lowest BCUT2D eigenvalue weighted by molar-refractivity contribution is 0.112. The molecule has 5 nitrogen and oxygen atoms in total. The summed E-state index contributed by atoms with van der Waals surface area (Å²) in [5, 5.41) is 11.5. The van der Waals surface area contributed by atoms with Crippen molar-refractivity contribution in [2.75, 3.05) is 20.7 Å². The average Bonchev–Trinajstić information content (AvgIpc) is 2.76. The molecule has 1 heterocycles. The summed E-state index contributed by atoms with van der Waals surface area (Å²) in [6.07, 6.45) is 2.55. The third-order valence-corrected chi connectivity index (χ3v) is 2.69. The van der Waals surface area contributed by atoms with Gasteiger partial charge in [0.1, 0.15) is 0 Å². The molecule has 1 aliphatic rings. The number of aromatic hydroxyl groups is 1. The third kappa shape index (κ3) is 2.09. The molecule has 0 radical (unpaired) electrons. The van der Waals surface area contributed by atoms with Gasteiger partial charge < -0.3 is 14.9 Å². The number of aldehydes is 1. The van der Waals surface area contributed by atoms with E-state index in [0.717, 1.165) is 11.1 Å². The Bertz CT molecular complexity index is 483. The molecule has 0 saturated heterocycles. The lowest BCUT2D eigenvalue weighted by Gasteiger charge is -2.09. The zero-order valence-electron chi connectivity index (χ0n) is 9.73. The number of nitrogens with one attached hydrogen (secondary N) is 1. The molecule has 0 spiro atoms. The number of benzene rings is 1. The van der Waals surface area contributed by atoms with E-state index in [9.17, 15) is 9.90 Å². The Balaban J connectivity index is 2.48. The first kappa shape index (κ1) is 11.5. The summed E-state index contributed by atoms with van der Waals surface area (Å²) in [4.78, 5) is 10.9. The van der Waals surface area contributed by atoms with Crippen molar-refractivity contribution in [3.8, 4) is 11.5 Å². The van der Waals surface area contributed by atoms with Gasteiger partial charge in [-0.1, -0.05) is 0 Å². The Morgan fingerprint density at radius 2 is 2.29 bits per heavy atom. The van der Waals surface area contributed by atoms with Crippen molar-refractivity contribution in [1.82, 2.24) is 10.4 Å². The molecule has 2 N–H and O–H groups in total. The molecule has 2 rings (SSSR count). The van der Waals surface area contributed by atoms with Gasteiger partial charge in [0.25, 0.3) is 0 Å². The van der Waals surface area contributed by atoms with Crippen molar-refractivity contribution < 1.29 is 14.6 Å². The van der Waals surface area contributed by atoms with Gasteiger partial charge in [-0.2, -0.15) is 0 Å². The Labute approximate surface area is 99.3 Å². The molecule has 5 heteroatoms. The molecule has 1 aromatic rings. The fraction of sp³-hybridized carbons (Fsp3) is 0.250. The molecule has 0 bridgehead atoms. The first-order valence-corrected chi connectivity index (χ1v) is 5.19. The SMILES string of the molecule is COc1cc(C2=CN(C)NC2)cc(C=O)c1O. The lowest BCUT2D eigenvalue weighted by Crippen LogP contribution is -2.23. The highest BCUT2D eigenvalue weighted by atomic mass is 16.5. The Morgan fingerprint density at radius 3 is 2.82 bits per heavy atom. The van der Waals surface area contributed by atoms with Crippen LogP contribution in [0, 0.1) is 0 Å². The number of hydrogen-bond donors (Lipinski definition) is 2. The van der Waals surface area contributed by atoms with Crippen molar-refractivity contribution in [2.45, 2.75) is 0 Å².